The van der Waals surface area contributed by atoms with Crippen LogP contribution in [0.5, 0.6) is 0 Å². The fourth-order valence-corrected chi connectivity index (χ4v) is 2.93. The van der Waals surface area contributed by atoms with Crippen molar-refractivity contribution in [2.24, 2.45) is 0 Å². The average molecular weight is 291 g/mol. The molecule has 1 atom stereocenters. The predicted octanol–water partition coefficient (Wildman–Crippen LogP) is 4.83. The minimum atomic E-state index is -0.967. The molecule has 20 heavy (non-hydrogen) atoms. The van der Waals surface area contributed by atoms with Gasteiger partial charge in [-0.05, 0) is 36.0 Å². The monoisotopic (exact) mass is 290 g/mol. The zero-order chi connectivity index (χ0) is 14.1. The largest absolute Gasteiger partial charge is 0.384 e. The van der Waals surface area contributed by atoms with Gasteiger partial charge in [0.1, 0.15) is 11.9 Å². The Balaban J connectivity index is 2.02. The fourth-order valence-electron chi connectivity index (χ4n) is 2.75. The summed E-state index contributed by atoms with van der Waals surface area (Å²) in [6.07, 6.45) is 2.54. The van der Waals surface area contributed by atoms with Crippen LogP contribution in [-0.2, 0) is 0 Å². The van der Waals surface area contributed by atoms with E-state index in [1.165, 1.54) is 12.5 Å². The van der Waals surface area contributed by atoms with Crippen molar-refractivity contribution in [2.45, 2.75) is 31.3 Å². The van der Waals surface area contributed by atoms with Crippen LogP contribution in [0.25, 0.3) is 0 Å². The Morgan fingerprint density at radius 1 is 1.05 bits per heavy atom. The van der Waals surface area contributed by atoms with E-state index in [0.29, 0.717) is 5.92 Å². The molecule has 1 nitrogen and oxygen atoms in total. The Morgan fingerprint density at radius 2 is 1.75 bits per heavy atom. The van der Waals surface area contributed by atoms with Gasteiger partial charge in [0.25, 0.3) is 0 Å². The lowest BCUT2D eigenvalue weighted by Crippen LogP contribution is -2.14. The van der Waals surface area contributed by atoms with Crippen molar-refractivity contribution in [1.82, 2.24) is 0 Å². The molecule has 104 valence electrons. The number of hydrogen-bond donors (Lipinski definition) is 1. The summed E-state index contributed by atoms with van der Waals surface area (Å²) in [5, 5.41) is 10.6. The van der Waals surface area contributed by atoms with Crippen LogP contribution >= 0.6 is 11.6 Å². The maximum Gasteiger partial charge on any atom is 0.147 e. The van der Waals surface area contributed by atoms with Gasteiger partial charge >= 0.3 is 0 Å². The van der Waals surface area contributed by atoms with E-state index in [9.17, 15) is 9.50 Å². The normalized spacial score (nSPS) is 16.8. The molecule has 1 unspecified atom stereocenters. The van der Waals surface area contributed by atoms with Gasteiger partial charge in [0, 0.05) is 5.56 Å². The number of halogens is 2. The molecule has 2 aromatic rings. The molecular formula is C17H16ClFO. The van der Waals surface area contributed by atoms with E-state index in [1.54, 1.807) is 12.1 Å². The highest BCUT2D eigenvalue weighted by atomic mass is 35.5. The summed E-state index contributed by atoms with van der Waals surface area (Å²) in [6.45, 7) is 0. The average Bonchev–Trinajstić information content (AvgIpc) is 2.40. The van der Waals surface area contributed by atoms with Crippen molar-refractivity contribution in [1.29, 1.82) is 0 Å². The Bertz CT molecular complexity index is 622. The van der Waals surface area contributed by atoms with Crippen molar-refractivity contribution in [3.63, 3.8) is 0 Å². The smallest absolute Gasteiger partial charge is 0.147 e. The Labute approximate surface area is 123 Å². The molecule has 0 amide bonds. The number of rotatable bonds is 3. The third kappa shape index (κ3) is 2.34. The van der Waals surface area contributed by atoms with Crippen LogP contribution in [0, 0.1) is 5.82 Å². The van der Waals surface area contributed by atoms with E-state index in [-0.39, 0.29) is 10.6 Å². The third-order valence-electron chi connectivity index (χ3n) is 4.11. The second kappa shape index (κ2) is 5.55. The molecule has 0 aromatic heterocycles. The molecular weight excluding hydrogens is 275 g/mol. The minimum Gasteiger partial charge on any atom is -0.384 e. The van der Waals surface area contributed by atoms with E-state index in [0.717, 1.165) is 24.0 Å². The summed E-state index contributed by atoms with van der Waals surface area (Å²) < 4.78 is 14.1. The number of hydrogen-bond acceptors (Lipinski definition) is 1. The second-order valence-corrected chi connectivity index (χ2v) is 5.71. The molecule has 0 heterocycles. The zero-order valence-corrected chi connectivity index (χ0v) is 11.8. The van der Waals surface area contributed by atoms with Gasteiger partial charge in [0.05, 0.1) is 5.02 Å². The van der Waals surface area contributed by atoms with Crippen LogP contribution in [0.15, 0.2) is 42.5 Å². The lowest BCUT2D eigenvalue weighted by molar-refractivity contribution is 0.212. The van der Waals surface area contributed by atoms with Crippen LogP contribution in [0.1, 0.15) is 48.0 Å². The first-order valence-electron chi connectivity index (χ1n) is 6.89. The molecule has 1 saturated carbocycles. The van der Waals surface area contributed by atoms with Crippen LogP contribution in [0.2, 0.25) is 5.02 Å². The minimum absolute atomic E-state index is 0.0441. The van der Waals surface area contributed by atoms with Crippen molar-refractivity contribution in [2.75, 3.05) is 0 Å². The third-order valence-corrected chi connectivity index (χ3v) is 4.40. The van der Waals surface area contributed by atoms with Gasteiger partial charge in [-0.2, -0.15) is 0 Å². The van der Waals surface area contributed by atoms with Crippen LogP contribution < -0.4 is 0 Å². The summed E-state index contributed by atoms with van der Waals surface area (Å²) >= 11 is 5.80. The summed E-state index contributed by atoms with van der Waals surface area (Å²) in [5.41, 5.74) is 2.16. The van der Waals surface area contributed by atoms with Crippen molar-refractivity contribution >= 4 is 11.6 Å². The van der Waals surface area contributed by atoms with Crippen LogP contribution in [0.3, 0.4) is 0 Å². The topological polar surface area (TPSA) is 20.2 Å². The summed E-state index contributed by atoms with van der Waals surface area (Å²) in [4.78, 5) is 0. The van der Waals surface area contributed by atoms with Crippen molar-refractivity contribution < 1.29 is 9.50 Å². The lowest BCUT2D eigenvalue weighted by Gasteiger charge is -2.29. The van der Waals surface area contributed by atoms with E-state index in [1.807, 2.05) is 24.3 Å². The quantitative estimate of drug-likeness (QED) is 0.858. The molecule has 0 saturated heterocycles. The Morgan fingerprint density at radius 3 is 2.45 bits per heavy atom. The van der Waals surface area contributed by atoms with Gasteiger partial charge < -0.3 is 5.11 Å². The summed E-state index contributed by atoms with van der Waals surface area (Å²) in [7, 11) is 0. The first-order chi connectivity index (χ1) is 9.68. The molecule has 1 aliphatic carbocycles. The molecule has 3 rings (SSSR count). The number of aliphatic hydroxyl groups excluding tert-OH is 1. The van der Waals surface area contributed by atoms with E-state index >= 15 is 0 Å². The molecule has 1 fully saturated rings. The highest BCUT2D eigenvalue weighted by molar-refractivity contribution is 6.30. The first kappa shape index (κ1) is 13.6. The van der Waals surface area contributed by atoms with Gasteiger partial charge in [-0.15, -0.1) is 0 Å². The van der Waals surface area contributed by atoms with Crippen LogP contribution in [0.4, 0.5) is 4.39 Å². The molecule has 1 aliphatic rings. The highest BCUT2D eigenvalue weighted by Crippen LogP contribution is 2.41. The van der Waals surface area contributed by atoms with E-state index in [4.69, 9.17) is 11.6 Å². The SMILES string of the molecule is OC(c1ccccc1C1CCC1)c1cccc(Cl)c1F. The van der Waals surface area contributed by atoms with Crippen molar-refractivity contribution in [3.8, 4) is 0 Å². The molecule has 0 aliphatic heterocycles. The van der Waals surface area contributed by atoms with Gasteiger partial charge in [-0.1, -0.05) is 54.4 Å². The standard InChI is InChI=1S/C17H16ClFO/c18-15-10-4-9-14(16(15)19)17(20)13-8-2-1-7-12(13)11-5-3-6-11/h1-2,4,7-11,17,20H,3,5-6H2. The maximum absolute atomic E-state index is 14.1. The summed E-state index contributed by atoms with van der Waals surface area (Å²) in [5.74, 6) is -0.0480. The zero-order valence-electron chi connectivity index (χ0n) is 11.0. The molecule has 3 heteroatoms. The molecule has 0 spiro atoms. The Kier molecular flexibility index (Phi) is 3.77. The Hall–Kier alpha value is -1.38. The summed E-state index contributed by atoms with van der Waals surface area (Å²) in [6, 6.07) is 12.5. The van der Waals surface area contributed by atoms with Gasteiger partial charge in [-0.25, -0.2) is 4.39 Å². The van der Waals surface area contributed by atoms with Crippen LogP contribution in [-0.4, -0.2) is 5.11 Å². The molecule has 0 radical (unpaired) electrons. The van der Waals surface area contributed by atoms with Gasteiger partial charge in [0.2, 0.25) is 0 Å². The second-order valence-electron chi connectivity index (χ2n) is 5.30. The fraction of sp³-hybridized carbons (Fsp3) is 0.294. The lowest BCUT2D eigenvalue weighted by atomic mass is 9.77. The van der Waals surface area contributed by atoms with Crippen molar-refractivity contribution in [3.05, 3.63) is 70.0 Å². The number of benzene rings is 2. The molecule has 0 bridgehead atoms. The number of aliphatic hydroxyl groups is 1. The first-order valence-corrected chi connectivity index (χ1v) is 7.27. The molecule has 1 N–H and O–H groups in total. The predicted molar refractivity (Wildman–Crippen MR) is 78.5 cm³/mol. The van der Waals surface area contributed by atoms with E-state index in [2.05, 4.69) is 0 Å². The maximum atomic E-state index is 14.1. The van der Waals surface area contributed by atoms with Gasteiger partial charge in [-0.3, -0.25) is 0 Å². The molecule has 2 aromatic carbocycles. The van der Waals surface area contributed by atoms with E-state index < -0.39 is 11.9 Å². The highest BCUT2D eigenvalue weighted by Gasteiger charge is 2.26. The van der Waals surface area contributed by atoms with Gasteiger partial charge in [0.15, 0.2) is 0 Å².